The number of nitrogens with one attached hydrogen (secondary N) is 1. The SMILES string of the molecule is O=C(NCC[S@@](=O)c1ccccc1)N1CCSCC1. The molecular weight excluding hydrogens is 280 g/mol. The molecule has 0 unspecified atom stereocenters. The van der Waals surface area contributed by atoms with E-state index < -0.39 is 10.8 Å². The fourth-order valence-electron chi connectivity index (χ4n) is 1.82. The van der Waals surface area contributed by atoms with Crippen molar-refractivity contribution in [2.24, 2.45) is 0 Å². The summed E-state index contributed by atoms with van der Waals surface area (Å²) >= 11 is 1.87. The number of hydrogen-bond acceptors (Lipinski definition) is 3. The number of nitrogens with zero attached hydrogens (tertiary/aromatic N) is 1. The van der Waals surface area contributed by atoms with Crippen molar-refractivity contribution in [3.8, 4) is 0 Å². The fraction of sp³-hybridized carbons (Fsp3) is 0.462. The number of hydrogen-bond donors (Lipinski definition) is 1. The quantitative estimate of drug-likeness (QED) is 0.917. The van der Waals surface area contributed by atoms with E-state index in [-0.39, 0.29) is 6.03 Å². The summed E-state index contributed by atoms with van der Waals surface area (Å²) in [5.74, 6) is 2.46. The van der Waals surface area contributed by atoms with Crippen molar-refractivity contribution in [1.82, 2.24) is 10.2 Å². The molecule has 0 saturated carbocycles. The van der Waals surface area contributed by atoms with Gasteiger partial charge in [0.25, 0.3) is 0 Å². The molecule has 1 aromatic carbocycles. The predicted molar refractivity (Wildman–Crippen MR) is 80.0 cm³/mol. The van der Waals surface area contributed by atoms with Crippen molar-refractivity contribution in [3.05, 3.63) is 30.3 Å². The van der Waals surface area contributed by atoms with Gasteiger partial charge in [0, 0.05) is 41.8 Å². The first-order valence-electron chi connectivity index (χ1n) is 6.31. The Labute approximate surface area is 120 Å². The first-order valence-corrected chi connectivity index (χ1v) is 8.78. The summed E-state index contributed by atoms with van der Waals surface area (Å²) in [6.07, 6.45) is 0. The van der Waals surface area contributed by atoms with Crippen LogP contribution in [-0.2, 0) is 10.8 Å². The van der Waals surface area contributed by atoms with Crippen LogP contribution in [0.1, 0.15) is 0 Å². The van der Waals surface area contributed by atoms with Gasteiger partial charge < -0.3 is 10.2 Å². The van der Waals surface area contributed by atoms with Gasteiger partial charge in [-0.2, -0.15) is 11.8 Å². The lowest BCUT2D eigenvalue weighted by atomic mass is 10.4. The van der Waals surface area contributed by atoms with Crippen molar-refractivity contribution in [1.29, 1.82) is 0 Å². The number of benzene rings is 1. The largest absolute Gasteiger partial charge is 0.337 e. The van der Waals surface area contributed by atoms with E-state index in [1.807, 2.05) is 47.0 Å². The van der Waals surface area contributed by atoms with Crippen molar-refractivity contribution >= 4 is 28.6 Å². The number of urea groups is 1. The van der Waals surface area contributed by atoms with Crippen LogP contribution >= 0.6 is 11.8 Å². The molecule has 1 heterocycles. The molecule has 2 rings (SSSR count). The van der Waals surface area contributed by atoms with Crippen LogP contribution in [0.25, 0.3) is 0 Å². The minimum atomic E-state index is -1.04. The second-order valence-electron chi connectivity index (χ2n) is 4.19. The van der Waals surface area contributed by atoms with Crippen LogP contribution in [-0.4, -0.2) is 52.0 Å². The Bertz CT molecular complexity index is 434. The van der Waals surface area contributed by atoms with Crippen LogP contribution in [0.4, 0.5) is 4.79 Å². The van der Waals surface area contributed by atoms with E-state index >= 15 is 0 Å². The monoisotopic (exact) mass is 298 g/mol. The zero-order valence-electron chi connectivity index (χ0n) is 10.7. The Morgan fingerprint density at radius 2 is 1.95 bits per heavy atom. The predicted octanol–water partition coefficient (Wildman–Crippen LogP) is 1.55. The molecule has 1 fully saturated rings. The van der Waals surface area contributed by atoms with Crippen LogP contribution in [0.2, 0.25) is 0 Å². The summed E-state index contributed by atoms with van der Waals surface area (Å²) < 4.78 is 11.9. The summed E-state index contributed by atoms with van der Waals surface area (Å²) in [6, 6.07) is 9.30. The smallest absolute Gasteiger partial charge is 0.317 e. The normalized spacial score (nSPS) is 16.9. The van der Waals surface area contributed by atoms with Crippen LogP contribution in [0.5, 0.6) is 0 Å². The first-order chi connectivity index (χ1) is 9.27. The molecule has 0 bridgehead atoms. The first kappa shape index (κ1) is 14.4. The third-order valence-corrected chi connectivity index (χ3v) is 5.18. The lowest BCUT2D eigenvalue weighted by Gasteiger charge is -2.26. The summed E-state index contributed by atoms with van der Waals surface area (Å²) in [5, 5.41) is 2.84. The molecule has 0 spiro atoms. The Morgan fingerprint density at radius 3 is 2.63 bits per heavy atom. The number of amides is 2. The van der Waals surface area contributed by atoms with Crippen LogP contribution < -0.4 is 5.32 Å². The van der Waals surface area contributed by atoms with E-state index in [9.17, 15) is 9.00 Å². The third kappa shape index (κ3) is 4.54. The maximum absolute atomic E-state index is 11.9. The molecule has 1 aromatic rings. The van der Waals surface area contributed by atoms with Crippen molar-refractivity contribution in [2.75, 3.05) is 36.9 Å². The minimum Gasteiger partial charge on any atom is -0.337 e. The number of carbonyl (C=O) groups is 1. The van der Waals surface area contributed by atoms with E-state index in [0.29, 0.717) is 12.3 Å². The van der Waals surface area contributed by atoms with Gasteiger partial charge in [0.2, 0.25) is 0 Å². The molecule has 6 heteroatoms. The van der Waals surface area contributed by atoms with E-state index in [4.69, 9.17) is 0 Å². The van der Waals surface area contributed by atoms with Gasteiger partial charge in [-0.3, -0.25) is 4.21 Å². The summed E-state index contributed by atoms with van der Waals surface area (Å²) in [7, 11) is -1.04. The highest BCUT2D eigenvalue weighted by Gasteiger charge is 2.16. The van der Waals surface area contributed by atoms with Gasteiger partial charge in [-0.15, -0.1) is 0 Å². The number of rotatable bonds is 4. The summed E-state index contributed by atoms with van der Waals surface area (Å²) in [4.78, 5) is 14.5. The maximum Gasteiger partial charge on any atom is 0.317 e. The molecule has 0 aromatic heterocycles. The molecule has 104 valence electrons. The molecule has 1 saturated heterocycles. The molecule has 19 heavy (non-hydrogen) atoms. The lowest BCUT2D eigenvalue weighted by Crippen LogP contribution is -2.45. The van der Waals surface area contributed by atoms with Gasteiger partial charge in [-0.25, -0.2) is 4.79 Å². The molecular formula is C13H18N2O2S2. The Balaban J connectivity index is 1.71. The molecule has 1 atom stereocenters. The highest BCUT2D eigenvalue weighted by atomic mass is 32.2. The average Bonchev–Trinajstić information content (AvgIpc) is 2.49. The van der Waals surface area contributed by atoms with Gasteiger partial charge in [0.05, 0.1) is 10.8 Å². The van der Waals surface area contributed by atoms with Crippen molar-refractivity contribution in [2.45, 2.75) is 4.90 Å². The van der Waals surface area contributed by atoms with Gasteiger partial charge in [0.15, 0.2) is 0 Å². The summed E-state index contributed by atoms with van der Waals surface area (Å²) in [6.45, 7) is 2.06. The molecule has 0 radical (unpaired) electrons. The van der Waals surface area contributed by atoms with Crippen LogP contribution in [0, 0.1) is 0 Å². The second kappa shape index (κ2) is 7.55. The molecule has 1 aliphatic rings. The topological polar surface area (TPSA) is 49.4 Å². The Kier molecular flexibility index (Phi) is 5.72. The molecule has 1 N–H and O–H groups in total. The summed E-state index contributed by atoms with van der Waals surface area (Å²) in [5.41, 5.74) is 0. The second-order valence-corrected chi connectivity index (χ2v) is 6.99. The molecule has 0 aliphatic carbocycles. The van der Waals surface area contributed by atoms with Crippen LogP contribution in [0.3, 0.4) is 0 Å². The van der Waals surface area contributed by atoms with E-state index in [0.717, 1.165) is 29.5 Å². The van der Waals surface area contributed by atoms with E-state index in [1.165, 1.54) is 0 Å². The third-order valence-electron chi connectivity index (χ3n) is 2.87. The van der Waals surface area contributed by atoms with E-state index in [2.05, 4.69) is 5.32 Å². The Morgan fingerprint density at radius 1 is 1.26 bits per heavy atom. The molecule has 2 amide bonds. The lowest BCUT2D eigenvalue weighted by molar-refractivity contribution is 0.204. The highest BCUT2D eigenvalue weighted by molar-refractivity contribution is 7.99. The van der Waals surface area contributed by atoms with Crippen molar-refractivity contribution < 1.29 is 9.00 Å². The van der Waals surface area contributed by atoms with Gasteiger partial charge in [0.1, 0.15) is 0 Å². The van der Waals surface area contributed by atoms with Gasteiger partial charge in [-0.05, 0) is 12.1 Å². The standard InChI is InChI=1S/C13H18N2O2S2/c16-13(15-7-9-18-10-8-15)14-6-11-19(17)12-4-2-1-3-5-12/h1-5H,6-11H2,(H,14,16)/t19-/m1/s1. The number of carbonyl (C=O) groups excluding carboxylic acids is 1. The molecule has 1 aliphatic heterocycles. The Hall–Kier alpha value is -1.01. The van der Waals surface area contributed by atoms with Crippen molar-refractivity contribution in [3.63, 3.8) is 0 Å². The van der Waals surface area contributed by atoms with Crippen LogP contribution in [0.15, 0.2) is 35.2 Å². The van der Waals surface area contributed by atoms with Gasteiger partial charge >= 0.3 is 6.03 Å². The zero-order chi connectivity index (χ0) is 13.5. The fourth-order valence-corrected chi connectivity index (χ4v) is 3.71. The van der Waals surface area contributed by atoms with E-state index in [1.54, 1.807) is 0 Å². The van der Waals surface area contributed by atoms with Gasteiger partial charge in [-0.1, -0.05) is 18.2 Å². The molecule has 4 nitrogen and oxygen atoms in total. The maximum atomic E-state index is 11.9. The zero-order valence-corrected chi connectivity index (χ0v) is 12.3. The average molecular weight is 298 g/mol. The number of thioether (sulfide) groups is 1. The minimum absolute atomic E-state index is 0.0367. The highest BCUT2D eigenvalue weighted by Crippen LogP contribution is 2.09.